The first-order valence-corrected chi connectivity index (χ1v) is 7.74. The number of ether oxygens (including phenoxy) is 1. The number of sulfonamides is 1. The molecule has 0 saturated carbocycles. The Morgan fingerprint density at radius 2 is 2.19 bits per heavy atom. The third-order valence-electron chi connectivity index (χ3n) is 3.08. The molecule has 2 unspecified atom stereocenters. The fourth-order valence-electron chi connectivity index (χ4n) is 2.09. The summed E-state index contributed by atoms with van der Waals surface area (Å²) in [7, 11) is -3.84. The van der Waals surface area contributed by atoms with E-state index in [4.69, 9.17) is 14.9 Å². The second kappa shape index (κ2) is 6.06. The first-order chi connectivity index (χ1) is 9.84. The standard InChI is InChI=1S/C12H16N2O6S/c1-8-5-14(6-10(7-15)20-8)21(18,19)11-3-2-9(4-13-11)12(16)17/h2-4,8,10,15H,5-7H2,1H3,(H,16,17). The maximum Gasteiger partial charge on any atom is 0.337 e. The van der Waals surface area contributed by atoms with Gasteiger partial charge in [-0.2, -0.15) is 4.31 Å². The van der Waals surface area contributed by atoms with E-state index in [1.165, 1.54) is 10.4 Å². The molecule has 1 aliphatic heterocycles. The summed E-state index contributed by atoms with van der Waals surface area (Å²) in [5.74, 6) is -1.17. The smallest absolute Gasteiger partial charge is 0.337 e. The number of rotatable bonds is 4. The molecule has 0 spiro atoms. The highest BCUT2D eigenvalue weighted by Crippen LogP contribution is 2.19. The van der Waals surface area contributed by atoms with E-state index >= 15 is 0 Å². The predicted octanol–water partition coefficient (Wildman–Crippen LogP) is -0.450. The number of hydrogen-bond acceptors (Lipinski definition) is 6. The summed E-state index contributed by atoms with van der Waals surface area (Å²) in [5, 5.41) is 17.7. The van der Waals surface area contributed by atoms with Crippen molar-refractivity contribution in [2.45, 2.75) is 24.2 Å². The van der Waals surface area contributed by atoms with Gasteiger partial charge in [-0.3, -0.25) is 0 Å². The molecule has 0 amide bonds. The number of nitrogens with zero attached hydrogens (tertiary/aromatic N) is 2. The zero-order chi connectivity index (χ0) is 15.6. The Labute approximate surface area is 122 Å². The van der Waals surface area contributed by atoms with Crippen LogP contribution in [0.5, 0.6) is 0 Å². The van der Waals surface area contributed by atoms with Crippen molar-refractivity contribution in [1.29, 1.82) is 0 Å². The second-order valence-electron chi connectivity index (χ2n) is 4.76. The number of pyridine rings is 1. The Kier molecular flexibility index (Phi) is 4.57. The second-order valence-corrected chi connectivity index (χ2v) is 6.65. The number of hydrogen-bond donors (Lipinski definition) is 2. The molecular formula is C12H16N2O6S. The van der Waals surface area contributed by atoms with Crippen molar-refractivity contribution in [1.82, 2.24) is 9.29 Å². The summed E-state index contributed by atoms with van der Waals surface area (Å²) < 4.78 is 31.5. The van der Waals surface area contributed by atoms with Crippen LogP contribution in [0.1, 0.15) is 17.3 Å². The number of aliphatic hydroxyl groups is 1. The average molecular weight is 316 g/mol. The average Bonchev–Trinajstić information content (AvgIpc) is 2.46. The third kappa shape index (κ3) is 3.38. The zero-order valence-corrected chi connectivity index (χ0v) is 12.2. The van der Waals surface area contributed by atoms with Crippen LogP contribution < -0.4 is 0 Å². The molecule has 0 bridgehead atoms. The van der Waals surface area contributed by atoms with E-state index < -0.39 is 22.1 Å². The molecule has 0 aromatic carbocycles. The van der Waals surface area contributed by atoms with Crippen LogP contribution in [0.25, 0.3) is 0 Å². The number of aromatic nitrogens is 1. The first kappa shape index (κ1) is 15.8. The quantitative estimate of drug-likeness (QED) is 0.772. The minimum absolute atomic E-state index is 0.0333. The van der Waals surface area contributed by atoms with Crippen molar-refractivity contribution in [2.75, 3.05) is 19.7 Å². The minimum atomic E-state index is -3.84. The van der Waals surface area contributed by atoms with Crippen LogP contribution >= 0.6 is 0 Å². The van der Waals surface area contributed by atoms with Crippen molar-refractivity contribution >= 4 is 16.0 Å². The maximum atomic E-state index is 12.5. The lowest BCUT2D eigenvalue weighted by molar-refractivity contribution is -0.0751. The molecule has 2 N–H and O–H groups in total. The van der Waals surface area contributed by atoms with Gasteiger partial charge in [0.25, 0.3) is 10.0 Å². The molecule has 116 valence electrons. The number of carboxylic acids is 1. The van der Waals surface area contributed by atoms with Gasteiger partial charge in [-0.25, -0.2) is 18.2 Å². The lowest BCUT2D eigenvalue weighted by atomic mass is 10.2. The number of aliphatic hydroxyl groups excluding tert-OH is 1. The molecule has 9 heteroatoms. The molecule has 1 aliphatic rings. The van der Waals surface area contributed by atoms with E-state index in [1.54, 1.807) is 6.92 Å². The van der Waals surface area contributed by atoms with Crippen LogP contribution in [-0.4, -0.2) is 65.8 Å². The minimum Gasteiger partial charge on any atom is -0.478 e. The summed E-state index contributed by atoms with van der Waals surface area (Å²) >= 11 is 0. The molecule has 2 rings (SSSR count). The number of morpholine rings is 1. The van der Waals surface area contributed by atoms with Crippen molar-refractivity contribution in [3.8, 4) is 0 Å². The van der Waals surface area contributed by atoms with Gasteiger partial charge in [-0.05, 0) is 19.1 Å². The molecule has 1 saturated heterocycles. The Bertz CT molecular complexity index is 615. The van der Waals surface area contributed by atoms with Gasteiger partial charge in [0, 0.05) is 19.3 Å². The molecule has 0 aliphatic carbocycles. The summed E-state index contributed by atoms with van der Waals surface area (Å²) in [5.41, 5.74) is -0.0856. The van der Waals surface area contributed by atoms with Crippen LogP contribution in [0.2, 0.25) is 0 Å². The summed E-state index contributed by atoms with van der Waals surface area (Å²) in [6, 6.07) is 2.35. The molecule has 21 heavy (non-hydrogen) atoms. The Balaban J connectivity index is 2.26. The van der Waals surface area contributed by atoms with Gasteiger partial charge in [0.2, 0.25) is 0 Å². The highest BCUT2D eigenvalue weighted by molar-refractivity contribution is 7.89. The molecule has 8 nitrogen and oxygen atoms in total. The van der Waals surface area contributed by atoms with Crippen molar-refractivity contribution in [3.63, 3.8) is 0 Å². The molecule has 1 fully saturated rings. The SMILES string of the molecule is CC1CN(S(=O)(=O)c2ccc(C(=O)O)cn2)CC(CO)O1. The van der Waals surface area contributed by atoms with E-state index in [0.29, 0.717) is 0 Å². The van der Waals surface area contributed by atoms with Crippen molar-refractivity contribution in [2.24, 2.45) is 0 Å². The monoisotopic (exact) mass is 316 g/mol. The fourth-order valence-corrected chi connectivity index (χ4v) is 3.55. The van der Waals surface area contributed by atoms with Gasteiger partial charge >= 0.3 is 5.97 Å². The van der Waals surface area contributed by atoms with E-state index in [-0.39, 0.29) is 36.4 Å². The van der Waals surface area contributed by atoms with Crippen LogP contribution in [0.15, 0.2) is 23.4 Å². The van der Waals surface area contributed by atoms with Crippen LogP contribution in [0.4, 0.5) is 0 Å². The number of aromatic carboxylic acids is 1. The maximum absolute atomic E-state index is 12.5. The zero-order valence-electron chi connectivity index (χ0n) is 11.3. The molecular weight excluding hydrogens is 300 g/mol. The number of carboxylic acid groups (broad SMARTS) is 1. The normalized spacial score (nSPS) is 23.9. The lowest BCUT2D eigenvalue weighted by Crippen LogP contribution is -2.50. The molecule has 1 aromatic heterocycles. The molecule has 1 aromatic rings. The lowest BCUT2D eigenvalue weighted by Gasteiger charge is -2.34. The number of carbonyl (C=O) groups is 1. The summed E-state index contributed by atoms with van der Waals surface area (Å²) in [6.07, 6.45) is 0.0774. The summed E-state index contributed by atoms with van der Waals surface area (Å²) in [4.78, 5) is 14.5. The molecule has 0 radical (unpaired) electrons. The van der Waals surface area contributed by atoms with E-state index in [9.17, 15) is 13.2 Å². The van der Waals surface area contributed by atoms with Gasteiger partial charge in [-0.1, -0.05) is 0 Å². The van der Waals surface area contributed by atoms with Crippen molar-refractivity contribution in [3.05, 3.63) is 23.9 Å². The van der Waals surface area contributed by atoms with Gasteiger partial charge in [0.1, 0.15) is 0 Å². The highest BCUT2D eigenvalue weighted by Gasteiger charge is 2.34. The highest BCUT2D eigenvalue weighted by atomic mass is 32.2. The van der Waals surface area contributed by atoms with Crippen LogP contribution in [0.3, 0.4) is 0 Å². The van der Waals surface area contributed by atoms with E-state index in [0.717, 1.165) is 12.3 Å². The predicted molar refractivity (Wildman–Crippen MR) is 71.4 cm³/mol. The third-order valence-corrected chi connectivity index (χ3v) is 4.83. The van der Waals surface area contributed by atoms with Gasteiger partial charge in [0.15, 0.2) is 5.03 Å². The largest absolute Gasteiger partial charge is 0.478 e. The van der Waals surface area contributed by atoms with E-state index in [2.05, 4.69) is 4.98 Å². The van der Waals surface area contributed by atoms with Crippen LogP contribution in [-0.2, 0) is 14.8 Å². The fraction of sp³-hybridized carbons (Fsp3) is 0.500. The summed E-state index contributed by atoms with van der Waals surface area (Å²) in [6.45, 7) is 1.62. The van der Waals surface area contributed by atoms with Gasteiger partial charge in [0.05, 0.1) is 24.4 Å². The van der Waals surface area contributed by atoms with Crippen LogP contribution in [0, 0.1) is 0 Å². The first-order valence-electron chi connectivity index (χ1n) is 6.30. The van der Waals surface area contributed by atoms with Gasteiger partial charge < -0.3 is 14.9 Å². The van der Waals surface area contributed by atoms with Gasteiger partial charge in [-0.15, -0.1) is 0 Å². The molecule has 2 heterocycles. The van der Waals surface area contributed by atoms with Crippen molar-refractivity contribution < 1.29 is 28.2 Å². The molecule has 2 atom stereocenters. The Morgan fingerprint density at radius 1 is 1.48 bits per heavy atom. The Hall–Kier alpha value is -1.55. The Morgan fingerprint density at radius 3 is 2.71 bits per heavy atom. The topological polar surface area (TPSA) is 117 Å². The van der Waals surface area contributed by atoms with E-state index in [1.807, 2.05) is 0 Å².